The van der Waals surface area contributed by atoms with Gasteiger partial charge in [-0.05, 0) is 54.0 Å². The first kappa shape index (κ1) is 17.0. The number of hydrogen-bond donors (Lipinski definition) is 0. The summed E-state index contributed by atoms with van der Waals surface area (Å²) >= 11 is 0. The minimum absolute atomic E-state index is 1.16. The minimum atomic E-state index is 1.16. The van der Waals surface area contributed by atoms with Crippen LogP contribution in [0.3, 0.4) is 0 Å². The van der Waals surface area contributed by atoms with Crippen molar-refractivity contribution in [3.8, 4) is 0 Å². The van der Waals surface area contributed by atoms with Crippen molar-refractivity contribution in [2.45, 2.75) is 79.1 Å². The van der Waals surface area contributed by atoms with Crippen LogP contribution < -0.4 is 0 Å². The Kier molecular flexibility index (Phi) is 6.42. The molecule has 0 aliphatic heterocycles. The van der Waals surface area contributed by atoms with Crippen LogP contribution in [0.5, 0.6) is 0 Å². The molecular weight excluding hydrogens is 266 g/mol. The molecule has 0 fully saturated rings. The smallest absolute Gasteiger partial charge is 0.0739 e. The fourth-order valence-electron chi connectivity index (χ4n) is 3.72. The number of aromatic nitrogens is 1. The highest BCUT2D eigenvalue weighted by molar-refractivity contribution is 5.88. The molecule has 1 heteroatoms. The Labute approximate surface area is 136 Å². The van der Waals surface area contributed by atoms with E-state index >= 15 is 0 Å². The van der Waals surface area contributed by atoms with Gasteiger partial charge in [-0.2, -0.15) is 0 Å². The van der Waals surface area contributed by atoms with E-state index in [1.54, 1.807) is 16.7 Å². The van der Waals surface area contributed by atoms with Gasteiger partial charge in [-0.1, -0.05) is 59.4 Å². The van der Waals surface area contributed by atoms with Crippen molar-refractivity contribution in [3.05, 3.63) is 40.6 Å². The molecule has 0 amide bonds. The Morgan fingerprint density at radius 2 is 1.18 bits per heavy atom. The van der Waals surface area contributed by atoms with E-state index in [9.17, 15) is 0 Å². The number of hydrogen-bond acceptors (Lipinski definition) is 1. The normalized spacial score (nSPS) is 11.3. The summed E-state index contributed by atoms with van der Waals surface area (Å²) in [6, 6.07) is 4.40. The van der Waals surface area contributed by atoms with E-state index < -0.39 is 0 Å². The van der Waals surface area contributed by atoms with E-state index in [-0.39, 0.29) is 0 Å². The minimum Gasteiger partial charge on any atom is -0.256 e. The van der Waals surface area contributed by atoms with Crippen LogP contribution in [-0.4, -0.2) is 4.98 Å². The summed E-state index contributed by atoms with van der Waals surface area (Å²) in [6.07, 6.45) is 11.6. The first-order chi connectivity index (χ1) is 10.8. The van der Waals surface area contributed by atoms with Gasteiger partial charge in [-0.3, -0.25) is 4.98 Å². The first-order valence-corrected chi connectivity index (χ1v) is 9.18. The van der Waals surface area contributed by atoms with E-state index in [0.717, 1.165) is 6.42 Å². The molecule has 22 heavy (non-hydrogen) atoms. The van der Waals surface area contributed by atoms with Crippen LogP contribution in [0.1, 0.15) is 75.6 Å². The lowest BCUT2D eigenvalue weighted by molar-refractivity contribution is 0.808. The predicted octanol–water partition coefficient (Wildman–Crippen LogP) is 6.04. The fraction of sp³-hybridized carbons (Fsp3) is 0.571. The maximum absolute atomic E-state index is 4.79. The third kappa shape index (κ3) is 3.34. The van der Waals surface area contributed by atoms with E-state index in [0.29, 0.717) is 0 Å². The summed E-state index contributed by atoms with van der Waals surface area (Å²) in [7, 11) is 0. The van der Waals surface area contributed by atoms with Crippen molar-refractivity contribution in [1.82, 2.24) is 4.98 Å². The zero-order chi connectivity index (χ0) is 15.9. The number of aryl methyl sites for hydroxylation is 2. The summed E-state index contributed by atoms with van der Waals surface area (Å²) in [4.78, 5) is 4.79. The summed E-state index contributed by atoms with van der Waals surface area (Å²) < 4.78 is 0. The van der Waals surface area contributed by atoms with Crippen LogP contribution in [0.2, 0.25) is 0 Å². The molecule has 1 nitrogen and oxygen atoms in total. The highest BCUT2D eigenvalue weighted by atomic mass is 14.7. The van der Waals surface area contributed by atoms with Crippen LogP contribution in [0.4, 0.5) is 0 Å². The van der Waals surface area contributed by atoms with Crippen LogP contribution >= 0.6 is 0 Å². The average Bonchev–Trinajstić information content (AvgIpc) is 2.54. The molecule has 1 heterocycles. The third-order valence-corrected chi connectivity index (χ3v) is 4.51. The third-order valence-electron chi connectivity index (χ3n) is 4.51. The Hall–Kier alpha value is -1.37. The number of benzene rings is 1. The molecule has 1 aromatic heterocycles. The molecule has 0 bridgehead atoms. The molecule has 2 aromatic rings. The highest BCUT2D eigenvalue weighted by Crippen LogP contribution is 2.33. The van der Waals surface area contributed by atoms with E-state index in [4.69, 9.17) is 4.98 Å². The Balaban J connectivity index is 2.81. The molecule has 0 saturated heterocycles. The second kappa shape index (κ2) is 8.31. The maximum Gasteiger partial charge on any atom is 0.0739 e. The Bertz CT molecular complexity index is 558. The summed E-state index contributed by atoms with van der Waals surface area (Å²) in [5, 5.41) is 1.41. The second-order valence-corrected chi connectivity index (χ2v) is 6.31. The van der Waals surface area contributed by atoms with Crippen molar-refractivity contribution < 1.29 is 0 Å². The SMILES string of the molecule is CCCc1c(CCC)c(CCC)c2ncccc2c1CCC. The van der Waals surface area contributed by atoms with Crippen LogP contribution in [0, 0.1) is 0 Å². The topological polar surface area (TPSA) is 12.9 Å². The molecule has 0 saturated carbocycles. The molecule has 0 atom stereocenters. The number of rotatable bonds is 8. The first-order valence-electron chi connectivity index (χ1n) is 9.18. The molecular formula is C21H31N. The largest absolute Gasteiger partial charge is 0.256 e. The van der Waals surface area contributed by atoms with E-state index in [1.165, 1.54) is 61.4 Å². The van der Waals surface area contributed by atoms with Crippen molar-refractivity contribution in [3.63, 3.8) is 0 Å². The van der Waals surface area contributed by atoms with Gasteiger partial charge in [0.05, 0.1) is 5.52 Å². The van der Waals surface area contributed by atoms with E-state index in [1.807, 2.05) is 6.20 Å². The van der Waals surface area contributed by atoms with Gasteiger partial charge in [0.2, 0.25) is 0 Å². The molecule has 0 unspecified atom stereocenters. The standard InChI is InChI=1S/C21H31N/c1-5-10-16-17(11-6-2)19(13-8-4)21-20(14-9-15-22-21)18(16)12-7-3/h9,14-15H,5-8,10-13H2,1-4H3. The van der Waals surface area contributed by atoms with Crippen LogP contribution in [-0.2, 0) is 25.7 Å². The lowest BCUT2D eigenvalue weighted by atomic mass is 9.84. The molecule has 0 N–H and O–H groups in total. The van der Waals surface area contributed by atoms with Gasteiger partial charge in [-0.15, -0.1) is 0 Å². The van der Waals surface area contributed by atoms with Gasteiger partial charge < -0.3 is 0 Å². The zero-order valence-corrected chi connectivity index (χ0v) is 14.8. The zero-order valence-electron chi connectivity index (χ0n) is 14.8. The maximum atomic E-state index is 4.79. The van der Waals surface area contributed by atoms with Crippen molar-refractivity contribution >= 4 is 10.9 Å². The number of pyridine rings is 1. The molecule has 0 radical (unpaired) electrons. The quantitative estimate of drug-likeness (QED) is 0.578. The lowest BCUT2D eigenvalue weighted by Crippen LogP contribution is -2.08. The monoisotopic (exact) mass is 297 g/mol. The average molecular weight is 297 g/mol. The number of nitrogens with zero attached hydrogens (tertiary/aromatic N) is 1. The summed E-state index contributed by atoms with van der Waals surface area (Å²) in [5.74, 6) is 0. The van der Waals surface area contributed by atoms with Crippen LogP contribution in [0.25, 0.3) is 10.9 Å². The summed E-state index contributed by atoms with van der Waals surface area (Å²) in [5.41, 5.74) is 7.66. The lowest BCUT2D eigenvalue weighted by Gasteiger charge is -2.21. The predicted molar refractivity (Wildman–Crippen MR) is 97.7 cm³/mol. The van der Waals surface area contributed by atoms with Crippen molar-refractivity contribution in [2.75, 3.05) is 0 Å². The molecule has 2 rings (SSSR count). The Morgan fingerprint density at radius 1 is 0.682 bits per heavy atom. The Morgan fingerprint density at radius 3 is 1.77 bits per heavy atom. The molecule has 0 spiro atoms. The highest BCUT2D eigenvalue weighted by Gasteiger charge is 2.18. The van der Waals surface area contributed by atoms with Crippen LogP contribution in [0.15, 0.2) is 18.3 Å². The van der Waals surface area contributed by atoms with Crippen molar-refractivity contribution in [2.24, 2.45) is 0 Å². The van der Waals surface area contributed by atoms with Gasteiger partial charge in [0.15, 0.2) is 0 Å². The van der Waals surface area contributed by atoms with Gasteiger partial charge >= 0.3 is 0 Å². The van der Waals surface area contributed by atoms with Crippen molar-refractivity contribution in [1.29, 1.82) is 0 Å². The summed E-state index contributed by atoms with van der Waals surface area (Å²) in [6.45, 7) is 9.17. The number of fused-ring (bicyclic) bond motifs is 1. The van der Waals surface area contributed by atoms with Gasteiger partial charge in [0, 0.05) is 11.6 Å². The molecule has 0 aliphatic rings. The van der Waals surface area contributed by atoms with Gasteiger partial charge in [-0.25, -0.2) is 0 Å². The van der Waals surface area contributed by atoms with Gasteiger partial charge in [0.25, 0.3) is 0 Å². The van der Waals surface area contributed by atoms with Gasteiger partial charge in [0.1, 0.15) is 0 Å². The molecule has 0 aliphatic carbocycles. The molecule has 1 aromatic carbocycles. The fourth-order valence-corrected chi connectivity index (χ4v) is 3.72. The van der Waals surface area contributed by atoms with E-state index in [2.05, 4.69) is 39.8 Å². The second-order valence-electron chi connectivity index (χ2n) is 6.31. The molecule has 120 valence electrons.